The summed E-state index contributed by atoms with van der Waals surface area (Å²) in [7, 11) is 1.61. The van der Waals surface area contributed by atoms with Gasteiger partial charge in [0.15, 0.2) is 0 Å². The average Bonchev–Trinajstić information content (AvgIpc) is 3.33. The van der Waals surface area contributed by atoms with Gasteiger partial charge in [-0.1, -0.05) is 24.3 Å². The number of aliphatic carboxylic acids is 1. The van der Waals surface area contributed by atoms with Crippen molar-refractivity contribution in [3.05, 3.63) is 100 Å². The van der Waals surface area contributed by atoms with E-state index in [0.717, 1.165) is 35.3 Å². The quantitative estimate of drug-likeness (QED) is 0.255. The van der Waals surface area contributed by atoms with Crippen LogP contribution in [0.2, 0.25) is 0 Å². The molecule has 0 spiro atoms. The summed E-state index contributed by atoms with van der Waals surface area (Å²) in [5.74, 6) is 2.00. The van der Waals surface area contributed by atoms with E-state index in [4.69, 9.17) is 24.1 Å². The van der Waals surface area contributed by atoms with Crippen LogP contribution in [-0.2, 0) is 30.8 Å². The Morgan fingerprint density at radius 1 is 1.00 bits per heavy atom. The van der Waals surface area contributed by atoms with Gasteiger partial charge in [0.2, 0.25) is 5.88 Å². The summed E-state index contributed by atoms with van der Waals surface area (Å²) >= 11 is 0. The highest BCUT2D eigenvalue weighted by Gasteiger charge is 2.27. The zero-order valence-electron chi connectivity index (χ0n) is 22.6. The van der Waals surface area contributed by atoms with Gasteiger partial charge in [-0.15, -0.1) is 0 Å². The van der Waals surface area contributed by atoms with Crippen molar-refractivity contribution in [3.63, 3.8) is 0 Å². The highest BCUT2D eigenvalue weighted by atomic mass is 16.5. The van der Waals surface area contributed by atoms with Gasteiger partial charge in [-0.3, -0.25) is 4.79 Å². The Labute approximate surface area is 233 Å². The number of rotatable bonds is 10. The standard InChI is InChI=1S/C33H31NO6/c1-20-12-29(39-18-22-10-11-34-31(14-22)37-2)27-8-9-28(27)33(20)23-5-3-4-21(13-23)17-38-25-6-7-26-24(15-32(35)36)19-40-30(26)16-25/h3-7,10-14,16,24H,8-9,15,17-19H2,1-2H3,(H,35,36). The van der Waals surface area contributed by atoms with Crippen LogP contribution in [-0.4, -0.2) is 29.8 Å². The first kappa shape index (κ1) is 25.7. The van der Waals surface area contributed by atoms with Gasteiger partial charge in [0, 0.05) is 29.8 Å². The summed E-state index contributed by atoms with van der Waals surface area (Å²) < 4.78 is 23.3. The zero-order chi connectivity index (χ0) is 27.6. The lowest BCUT2D eigenvalue weighted by Crippen LogP contribution is -2.14. The summed E-state index contributed by atoms with van der Waals surface area (Å²) in [6.45, 7) is 3.41. The molecule has 0 saturated heterocycles. The predicted molar refractivity (Wildman–Crippen MR) is 150 cm³/mol. The Hall–Kier alpha value is -4.52. The van der Waals surface area contributed by atoms with Gasteiger partial charge in [0.1, 0.15) is 30.5 Å². The molecule has 3 aromatic carbocycles. The van der Waals surface area contributed by atoms with Crippen molar-refractivity contribution in [2.45, 2.75) is 45.3 Å². The van der Waals surface area contributed by atoms with E-state index >= 15 is 0 Å². The smallest absolute Gasteiger partial charge is 0.304 e. The van der Waals surface area contributed by atoms with E-state index in [1.54, 1.807) is 13.3 Å². The first-order chi connectivity index (χ1) is 19.5. The highest BCUT2D eigenvalue weighted by molar-refractivity contribution is 5.76. The van der Waals surface area contributed by atoms with E-state index in [0.29, 0.717) is 37.2 Å². The lowest BCUT2D eigenvalue weighted by atomic mass is 9.79. The molecular weight excluding hydrogens is 506 g/mol. The minimum atomic E-state index is -0.819. The topological polar surface area (TPSA) is 87.1 Å². The van der Waals surface area contributed by atoms with Gasteiger partial charge < -0.3 is 24.1 Å². The fourth-order valence-corrected chi connectivity index (χ4v) is 5.57. The molecule has 6 rings (SSSR count). The molecule has 1 N–H and O–H groups in total. The molecule has 1 aliphatic carbocycles. The molecule has 1 atom stereocenters. The third kappa shape index (κ3) is 5.19. The number of carboxylic acid groups (broad SMARTS) is 1. The molecule has 2 aliphatic rings. The van der Waals surface area contributed by atoms with Crippen molar-refractivity contribution in [2.75, 3.05) is 13.7 Å². The second kappa shape index (κ2) is 10.9. The van der Waals surface area contributed by atoms with Crippen molar-refractivity contribution in [1.82, 2.24) is 4.98 Å². The number of carboxylic acids is 1. The van der Waals surface area contributed by atoms with E-state index in [2.05, 4.69) is 42.2 Å². The van der Waals surface area contributed by atoms with Gasteiger partial charge in [-0.2, -0.15) is 0 Å². The number of nitrogens with zero attached hydrogens (tertiary/aromatic N) is 1. The third-order valence-corrected chi connectivity index (χ3v) is 7.64. The Morgan fingerprint density at radius 3 is 2.62 bits per heavy atom. The fourth-order valence-electron chi connectivity index (χ4n) is 5.57. The van der Waals surface area contributed by atoms with Crippen LogP contribution in [0.25, 0.3) is 11.1 Å². The number of fused-ring (bicyclic) bond motifs is 2. The van der Waals surface area contributed by atoms with Crippen molar-refractivity contribution < 1.29 is 28.8 Å². The van der Waals surface area contributed by atoms with Crippen molar-refractivity contribution in [3.8, 4) is 34.3 Å². The van der Waals surface area contributed by atoms with Gasteiger partial charge in [-0.25, -0.2) is 4.98 Å². The van der Waals surface area contributed by atoms with E-state index in [-0.39, 0.29) is 12.3 Å². The molecule has 2 heterocycles. The number of carbonyl (C=O) groups is 1. The number of hydrogen-bond acceptors (Lipinski definition) is 6. The fraction of sp³-hybridized carbons (Fsp3) is 0.273. The summed E-state index contributed by atoms with van der Waals surface area (Å²) in [6.07, 6.45) is 3.84. The summed E-state index contributed by atoms with van der Waals surface area (Å²) in [4.78, 5) is 15.3. The molecule has 0 radical (unpaired) electrons. The van der Waals surface area contributed by atoms with Gasteiger partial charge in [0.05, 0.1) is 20.1 Å². The van der Waals surface area contributed by atoms with E-state index < -0.39 is 5.97 Å². The van der Waals surface area contributed by atoms with E-state index in [1.807, 2.05) is 30.3 Å². The molecule has 0 fully saturated rings. The first-order valence-corrected chi connectivity index (χ1v) is 13.5. The minimum absolute atomic E-state index is 0.0657. The number of ether oxygens (including phenoxy) is 4. The molecule has 7 nitrogen and oxygen atoms in total. The monoisotopic (exact) mass is 537 g/mol. The molecular formula is C33H31NO6. The maximum Gasteiger partial charge on any atom is 0.304 e. The summed E-state index contributed by atoms with van der Waals surface area (Å²) in [6, 6.07) is 20.1. The number of aromatic nitrogens is 1. The van der Waals surface area contributed by atoms with Crippen LogP contribution in [0.5, 0.6) is 23.1 Å². The lowest BCUT2D eigenvalue weighted by Gasteiger charge is -2.28. The molecule has 0 amide bonds. The predicted octanol–water partition coefficient (Wildman–Crippen LogP) is 6.27. The molecule has 204 valence electrons. The first-order valence-electron chi connectivity index (χ1n) is 13.5. The average molecular weight is 538 g/mol. The van der Waals surface area contributed by atoms with Crippen LogP contribution in [0.3, 0.4) is 0 Å². The molecule has 7 heteroatoms. The summed E-state index contributed by atoms with van der Waals surface area (Å²) in [5, 5.41) is 9.13. The van der Waals surface area contributed by atoms with Crippen molar-refractivity contribution in [1.29, 1.82) is 0 Å². The maximum absolute atomic E-state index is 11.1. The van der Waals surface area contributed by atoms with Crippen LogP contribution >= 0.6 is 0 Å². The van der Waals surface area contributed by atoms with Crippen LogP contribution in [0.1, 0.15) is 45.7 Å². The van der Waals surface area contributed by atoms with Crippen molar-refractivity contribution in [2.24, 2.45) is 0 Å². The molecule has 4 aromatic rings. The molecule has 0 bridgehead atoms. The number of pyridine rings is 1. The third-order valence-electron chi connectivity index (χ3n) is 7.64. The lowest BCUT2D eigenvalue weighted by molar-refractivity contribution is -0.137. The molecule has 1 unspecified atom stereocenters. The second-order valence-electron chi connectivity index (χ2n) is 10.3. The second-order valence-corrected chi connectivity index (χ2v) is 10.3. The number of aryl methyl sites for hydroxylation is 1. The molecule has 1 aliphatic heterocycles. The number of methoxy groups -OCH3 is 1. The van der Waals surface area contributed by atoms with Gasteiger partial charge in [0.25, 0.3) is 0 Å². The van der Waals surface area contributed by atoms with Gasteiger partial charge >= 0.3 is 5.97 Å². The van der Waals surface area contributed by atoms with Crippen LogP contribution < -0.4 is 18.9 Å². The van der Waals surface area contributed by atoms with Crippen LogP contribution in [0.4, 0.5) is 0 Å². The van der Waals surface area contributed by atoms with Crippen molar-refractivity contribution >= 4 is 5.97 Å². The molecule has 0 saturated carbocycles. The van der Waals surface area contributed by atoms with Crippen LogP contribution in [0, 0.1) is 6.92 Å². The number of benzene rings is 3. The van der Waals surface area contributed by atoms with E-state index in [1.165, 1.54) is 27.8 Å². The maximum atomic E-state index is 11.1. The summed E-state index contributed by atoms with van der Waals surface area (Å²) in [5.41, 5.74) is 9.29. The van der Waals surface area contributed by atoms with Gasteiger partial charge in [-0.05, 0) is 83.0 Å². The molecule has 40 heavy (non-hydrogen) atoms. The Bertz CT molecular complexity index is 1580. The van der Waals surface area contributed by atoms with Crippen LogP contribution in [0.15, 0.2) is 66.9 Å². The van der Waals surface area contributed by atoms with E-state index in [9.17, 15) is 4.79 Å². The number of hydrogen-bond donors (Lipinski definition) is 1. The highest BCUT2D eigenvalue weighted by Crippen LogP contribution is 2.43. The Balaban J connectivity index is 1.16. The minimum Gasteiger partial charge on any atom is -0.492 e. The Morgan fingerprint density at radius 2 is 1.82 bits per heavy atom. The normalized spacial score (nSPS) is 14.9. The molecule has 1 aromatic heterocycles. The zero-order valence-corrected chi connectivity index (χ0v) is 22.6. The Kier molecular flexibility index (Phi) is 7.03. The SMILES string of the molecule is COc1cc(COc2cc(C)c(-c3cccc(COc4ccc5c(c4)OCC5CC(=O)O)c3)c3c2CC3)ccn1. The largest absolute Gasteiger partial charge is 0.492 e.